The van der Waals surface area contributed by atoms with Gasteiger partial charge in [-0.25, -0.2) is 8.42 Å². The third-order valence-electron chi connectivity index (χ3n) is 4.60. The highest BCUT2D eigenvalue weighted by atomic mass is 32.2. The third-order valence-corrected chi connectivity index (χ3v) is 6.41. The average Bonchev–Trinajstić information content (AvgIpc) is 3.36. The zero-order valence-electron chi connectivity index (χ0n) is 15.1. The van der Waals surface area contributed by atoms with Gasteiger partial charge in [0.1, 0.15) is 5.76 Å². The van der Waals surface area contributed by atoms with Crippen molar-refractivity contribution in [3.8, 4) is 11.3 Å². The fourth-order valence-corrected chi connectivity index (χ4v) is 4.52. The van der Waals surface area contributed by atoms with Gasteiger partial charge in [-0.3, -0.25) is 14.8 Å². The van der Waals surface area contributed by atoms with Gasteiger partial charge < -0.3 is 4.42 Å². The molecule has 0 unspecified atom stereocenters. The highest BCUT2D eigenvalue weighted by Crippen LogP contribution is 2.33. The molecule has 0 bridgehead atoms. The SMILES string of the molecule is C=CC(=O)Nc1cc2c(o1)CN(S(=O)(=O)c1ccc(-c3ccnn3C)cc1)C2. The van der Waals surface area contributed by atoms with Gasteiger partial charge in [0.2, 0.25) is 15.9 Å². The Bertz CT molecular complexity index is 1140. The van der Waals surface area contributed by atoms with Crippen LogP contribution in [0.4, 0.5) is 5.88 Å². The Morgan fingerprint density at radius 1 is 1.25 bits per heavy atom. The van der Waals surface area contributed by atoms with Crippen molar-refractivity contribution in [3.05, 3.63) is 66.6 Å². The van der Waals surface area contributed by atoms with Crippen molar-refractivity contribution in [2.45, 2.75) is 18.0 Å². The molecule has 0 radical (unpaired) electrons. The second kappa shape index (κ2) is 6.77. The van der Waals surface area contributed by atoms with E-state index in [2.05, 4.69) is 17.0 Å². The molecule has 144 valence electrons. The lowest BCUT2D eigenvalue weighted by atomic mass is 10.1. The molecule has 0 saturated carbocycles. The van der Waals surface area contributed by atoms with E-state index in [1.54, 1.807) is 41.2 Å². The van der Waals surface area contributed by atoms with Gasteiger partial charge in [-0.1, -0.05) is 18.7 Å². The Morgan fingerprint density at radius 3 is 2.61 bits per heavy atom. The van der Waals surface area contributed by atoms with E-state index >= 15 is 0 Å². The first-order chi connectivity index (χ1) is 13.4. The van der Waals surface area contributed by atoms with E-state index in [1.807, 2.05) is 13.1 Å². The number of furan rings is 1. The monoisotopic (exact) mass is 398 g/mol. The minimum Gasteiger partial charge on any atom is -0.444 e. The van der Waals surface area contributed by atoms with Crippen molar-refractivity contribution in [3.63, 3.8) is 0 Å². The molecule has 3 heterocycles. The normalized spacial score (nSPS) is 14.0. The van der Waals surface area contributed by atoms with Crippen LogP contribution in [0.15, 0.2) is 64.6 Å². The first kappa shape index (κ1) is 18.2. The van der Waals surface area contributed by atoms with Gasteiger partial charge in [-0.2, -0.15) is 9.40 Å². The van der Waals surface area contributed by atoms with Gasteiger partial charge in [0.25, 0.3) is 0 Å². The van der Waals surface area contributed by atoms with Crippen LogP contribution < -0.4 is 5.32 Å². The highest BCUT2D eigenvalue weighted by molar-refractivity contribution is 7.89. The Labute approximate surface area is 162 Å². The first-order valence-corrected chi connectivity index (χ1v) is 9.96. The predicted molar refractivity (Wildman–Crippen MR) is 103 cm³/mol. The van der Waals surface area contributed by atoms with Gasteiger partial charge in [0, 0.05) is 31.4 Å². The van der Waals surface area contributed by atoms with E-state index in [0.29, 0.717) is 5.76 Å². The molecule has 0 spiro atoms. The molecule has 28 heavy (non-hydrogen) atoms. The molecule has 0 atom stereocenters. The lowest BCUT2D eigenvalue weighted by molar-refractivity contribution is -0.112. The number of carbonyl (C=O) groups is 1. The number of aromatic nitrogens is 2. The number of rotatable bonds is 5. The molecule has 0 saturated heterocycles. The van der Waals surface area contributed by atoms with Gasteiger partial charge in [0.05, 0.1) is 17.1 Å². The number of amides is 1. The average molecular weight is 398 g/mol. The summed E-state index contributed by atoms with van der Waals surface area (Å²) in [5, 5.41) is 6.65. The van der Waals surface area contributed by atoms with E-state index in [4.69, 9.17) is 4.42 Å². The van der Waals surface area contributed by atoms with Gasteiger partial charge in [0.15, 0.2) is 5.88 Å². The number of fused-ring (bicyclic) bond motifs is 1. The van der Waals surface area contributed by atoms with Crippen LogP contribution in [0.1, 0.15) is 11.3 Å². The van der Waals surface area contributed by atoms with Crippen LogP contribution in [0.2, 0.25) is 0 Å². The number of hydrogen-bond acceptors (Lipinski definition) is 5. The fourth-order valence-electron chi connectivity index (χ4n) is 3.15. The maximum Gasteiger partial charge on any atom is 0.250 e. The minimum absolute atomic E-state index is 0.116. The van der Waals surface area contributed by atoms with Crippen LogP contribution in [-0.4, -0.2) is 28.4 Å². The number of benzene rings is 1. The number of sulfonamides is 1. The molecule has 1 amide bonds. The number of nitrogens with one attached hydrogen (secondary N) is 1. The number of anilines is 1. The van der Waals surface area contributed by atoms with Crippen molar-refractivity contribution in [2.75, 3.05) is 5.32 Å². The lowest BCUT2D eigenvalue weighted by Gasteiger charge is -2.16. The van der Waals surface area contributed by atoms with Crippen LogP contribution in [0, 0.1) is 0 Å². The quantitative estimate of drug-likeness (QED) is 0.666. The fraction of sp³-hybridized carbons (Fsp3) is 0.158. The Balaban J connectivity index is 1.52. The van der Waals surface area contributed by atoms with Crippen molar-refractivity contribution in [2.24, 2.45) is 7.05 Å². The van der Waals surface area contributed by atoms with E-state index in [1.165, 1.54) is 4.31 Å². The van der Waals surface area contributed by atoms with Gasteiger partial charge in [-0.05, 0) is 29.8 Å². The molecule has 1 aromatic carbocycles. The van der Waals surface area contributed by atoms with Gasteiger partial charge in [-0.15, -0.1) is 0 Å². The summed E-state index contributed by atoms with van der Waals surface area (Å²) in [5.41, 5.74) is 2.52. The topological polar surface area (TPSA) is 97.4 Å². The zero-order valence-corrected chi connectivity index (χ0v) is 15.9. The van der Waals surface area contributed by atoms with E-state index in [9.17, 15) is 13.2 Å². The summed E-state index contributed by atoms with van der Waals surface area (Å²) in [6.07, 6.45) is 2.83. The lowest BCUT2D eigenvalue weighted by Crippen LogP contribution is -2.25. The van der Waals surface area contributed by atoms with E-state index in [-0.39, 0.29) is 29.8 Å². The summed E-state index contributed by atoms with van der Waals surface area (Å²) < 4.78 is 34.5. The molecule has 1 aliphatic heterocycles. The molecule has 8 nitrogen and oxygen atoms in total. The molecule has 0 fully saturated rings. The largest absolute Gasteiger partial charge is 0.444 e. The highest BCUT2D eigenvalue weighted by Gasteiger charge is 2.33. The summed E-state index contributed by atoms with van der Waals surface area (Å²) in [6, 6.07) is 10.2. The second-order valence-corrected chi connectivity index (χ2v) is 8.33. The molecule has 0 aliphatic carbocycles. The van der Waals surface area contributed by atoms with E-state index < -0.39 is 10.0 Å². The standard InChI is InChI=1S/C19H18N4O4S/c1-3-18(24)21-19-10-14-11-23(12-17(14)27-19)28(25,26)15-6-4-13(5-7-15)16-8-9-20-22(16)2/h3-10H,1,11-12H2,2H3,(H,21,24). The Morgan fingerprint density at radius 2 is 2.00 bits per heavy atom. The molecule has 1 aliphatic rings. The summed E-state index contributed by atoms with van der Waals surface area (Å²) in [5.74, 6) is 0.423. The Hall–Kier alpha value is -3.17. The molecule has 1 N–H and O–H groups in total. The molecule has 4 rings (SSSR count). The van der Waals surface area contributed by atoms with Crippen LogP contribution in [0.25, 0.3) is 11.3 Å². The summed E-state index contributed by atoms with van der Waals surface area (Å²) in [7, 11) is -1.84. The smallest absolute Gasteiger partial charge is 0.250 e. The number of hydrogen-bond donors (Lipinski definition) is 1. The zero-order chi connectivity index (χ0) is 19.9. The van der Waals surface area contributed by atoms with Crippen LogP contribution >= 0.6 is 0 Å². The summed E-state index contributed by atoms with van der Waals surface area (Å²) in [6.45, 7) is 3.68. The van der Waals surface area contributed by atoms with Crippen molar-refractivity contribution < 1.29 is 17.6 Å². The first-order valence-electron chi connectivity index (χ1n) is 8.52. The van der Waals surface area contributed by atoms with Crippen molar-refractivity contribution in [1.82, 2.24) is 14.1 Å². The molecular formula is C19H18N4O4S. The Kier molecular flexibility index (Phi) is 4.40. The van der Waals surface area contributed by atoms with Crippen LogP contribution in [0.3, 0.4) is 0 Å². The second-order valence-electron chi connectivity index (χ2n) is 6.39. The third kappa shape index (κ3) is 3.14. The molecular weight excluding hydrogens is 380 g/mol. The number of aryl methyl sites for hydroxylation is 1. The maximum absolute atomic E-state index is 13.0. The molecule has 9 heteroatoms. The van der Waals surface area contributed by atoms with Crippen molar-refractivity contribution in [1.29, 1.82) is 0 Å². The van der Waals surface area contributed by atoms with Crippen LogP contribution in [0.5, 0.6) is 0 Å². The maximum atomic E-state index is 13.0. The minimum atomic E-state index is -3.67. The summed E-state index contributed by atoms with van der Waals surface area (Å²) in [4.78, 5) is 11.6. The van der Waals surface area contributed by atoms with E-state index in [0.717, 1.165) is 22.9 Å². The van der Waals surface area contributed by atoms with Crippen LogP contribution in [-0.2, 0) is 35.0 Å². The molecule has 3 aromatic rings. The van der Waals surface area contributed by atoms with Crippen molar-refractivity contribution >= 4 is 21.8 Å². The predicted octanol–water partition coefficient (Wildman–Crippen LogP) is 2.51. The molecule has 2 aromatic heterocycles. The number of carbonyl (C=O) groups excluding carboxylic acids is 1. The summed E-state index contributed by atoms with van der Waals surface area (Å²) >= 11 is 0. The number of nitrogens with zero attached hydrogens (tertiary/aromatic N) is 3. The van der Waals surface area contributed by atoms with Gasteiger partial charge >= 0.3 is 0 Å².